The van der Waals surface area contributed by atoms with E-state index in [2.05, 4.69) is 53.4 Å². The summed E-state index contributed by atoms with van der Waals surface area (Å²) in [7, 11) is 2.18. The third-order valence-electron chi connectivity index (χ3n) is 7.76. The van der Waals surface area contributed by atoms with Crippen molar-refractivity contribution in [1.29, 1.82) is 0 Å². The molecule has 2 bridgehead atoms. The van der Waals surface area contributed by atoms with E-state index in [1.807, 2.05) is 42.6 Å². The third-order valence-corrected chi connectivity index (χ3v) is 7.76. The molecule has 3 aliphatic rings. The van der Waals surface area contributed by atoms with E-state index in [0.717, 1.165) is 42.7 Å². The maximum Gasteiger partial charge on any atom is 0.410 e. The van der Waals surface area contributed by atoms with E-state index >= 15 is 0 Å². The van der Waals surface area contributed by atoms with Gasteiger partial charge in [-0.05, 0) is 87.9 Å². The number of nitrogens with zero attached hydrogens (tertiary/aromatic N) is 4. The van der Waals surface area contributed by atoms with Crippen molar-refractivity contribution in [2.24, 2.45) is 0 Å². The number of carbonyl (C=O) groups excluding carboxylic acids is 1. The highest BCUT2D eigenvalue weighted by molar-refractivity contribution is 5.78. The number of hydrogen-bond acceptors (Lipinski definition) is 5. The highest BCUT2D eigenvalue weighted by atomic mass is 16.6. The Morgan fingerprint density at radius 1 is 1.08 bits per heavy atom. The standard InChI is InChI=1S/C29H34N4O3/c1-29(2,3)36-28(34)33-22-6-7-23(33)16-24(15-22)31(4)20-8-10-25-19(14-20)18-35-27-17-21(9-11-26(25)27)32-13-5-12-30-32/h5,8-14,17,22-24H,6-7,15-16,18H2,1-4H3. The molecule has 36 heavy (non-hydrogen) atoms. The zero-order valence-electron chi connectivity index (χ0n) is 21.5. The number of hydrogen-bond donors (Lipinski definition) is 0. The summed E-state index contributed by atoms with van der Waals surface area (Å²) >= 11 is 0. The van der Waals surface area contributed by atoms with Crippen LogP contribution in [0.5, 0.6) is 5.75 Å². The van der Waals surface area contributed by atoms with Crippen LogP contribution in [0.1, 0.15) is 52.0 Å². The molecule has 0 saturated carbocycles. The molecule has 0 radical (unpaired) electrons. The third kappa shape index (κ3) is 4.10. The van der Waals surface area contributed by atoms with Gasteiger partial charge >= 0.3 is 6.09 Å². The number of carbonyl (C=O) groups is 1. The monoisotopic (exact) mass is 486 g/mol. The summed E-state index contributed by atoms with van der Waals surface area (Å²) in [5, 5.41) is 4.33. The fourth-order valence-electron chi connectivity index (χ4n) is 6.04. The summed E-state index contributed by atoms with van der Waals surface area (Å²) in [5.74, 6) is 0.891. The van der Waals surface area contributed by atoms with Crippen LogP contribution >= 0.6 is 0 Å². The van der Waals surface area contributed by atoms with Crippen LogP contribution in [-0.4, -0.2) is 51.5 Å². The van der Waals surface area contributed by atoms with Gasteiger partial charge in [-0.3, -0.25) is 0 Å². The van der Waals surface area contributed by atoms with Gasteiger partial charge in [-0.2, -0.15) is 5.10 Å². The quantitative estimate of drug-likeness (QED) is 0.468. The van der Waals surface area contributed by atoms with Crippen LogP contribution in [0.4, 0.5) is 10.5 Å². The zero-order chi connectivity index (χ0) is 25.0. The molecule has 2 atom stereocenters. The molecule has 2 saturated heterocycles. The predicted molar refractivity (Wildman–Crippen MR) is 140 cm³/mol. The van der Waals surface area contributed by atoms with Crippen LogP contribution < -0.4 is 9.64 Å². The number of benzene rings is 2. The lowest BCUT2D eigenvalue weighted by atomic mass is 9.94. The minimum atomic E-state index is -0.464. The Morgan fingerprint density at radius 3 is 2.53 bits per heavy atom. The van der Waals surface area contributed by atoms with Gasteiger partial charge in [-0.15, -0.1) is 0 Å². The molecule has 1 aromatic heterocycles. The Bertz CT molecular complexity index is 1270. The van der Waals surface area contributed by atoms with Crippen molar-refractivity contribution >= 4 is 11.8 Å². The molecule has 2 unspecified atom stereocenters. The molecule has 2 aromatic carbocycles. The van der Waals surface area contributed by atoms with Crippen LogP contribution in [0.3, 0.4) is 0 Å². The first-order valence-electron chi connectivity index (χ1n) is 12.9. The molecule has 7 nitrogen and oxygen atoms in total. The summed E-state index contributed by atoms with van der Waals surface area (Å²) in [6.07, 6.45) is 7.62. The smallest absolute Gasteiger partial charge is 0.410 e. The SMILES string of the molecule is CN(c1ccc2c(c1)COc1cc(-n3cccn3)ccc1-2)C1CC2CCC(C1)N2C(=O)OC(C)(C)C. The van der Waals surface area contributed by atoms with Gasteiger partial charge in [0.1, 0.15) is 18.0 Å². The predicted octanol–water partition coefficient (Wildman–Crippen LogP) is 5.80. The topological polar surface area (TPSA) is 59.8 Å². The molecule has 3 aromatic rings. The minimum absolute atomic E-state index is 0.156. The van der Waals surface area contributed by atoms with E-state index in [-0.39, 0.29) is 18.2 Å². The van der Waals surface area contributed by atoms with E-state index in [9.17, 15) is 4.79 Å². The second-order valence-corrected chi connectivity index (χ2v) is 11.3. The molecule has 6 rings (SSSR count). The first-order valence-corrected chi connectivity index (χ1v) is 12.9. The fraction of sp³-hybridized carbons (Fsp3) is 0.448. The first-order chi connectivity index (χ1) is 17.3. The molecule has 0 aliphatic carbocycles. The lowest BCUT2D eigenvalue weighted by Gasteiger charge is -2.43. The Hall–Kier alpha value is -3.48. The Kier molecular flexibility index (Phi) is 5.47. The number of anilines is 1. The zero-order valence-corrected chi connectivity index (χ0v) is 21.5. The van der Waals surface area contributed by atoms with E-state index in [4.69, 9.17) is 9.47 Å². The van der Waals surface area contributed by atoms with Crippen LogP contribution in [0.25, 0.3) is 16.8 Å². The van der Waals surface area contributed by atoms with Crippen molar-refractivity contribution in [1.82, 2.24) is 14.7 Å². The normalized spacial score (nSPS) is 22.4. The van der Waals surface area contributed by atoms with E-state index in [0.29, 0.717) is 12.6 Å². The second kappa shape index (κ2) is 8.57. The maximum absolute atomic E-state index is 12.8. The van der Waals surface area contributed by atoms with Crippen LogP contribution in [0.15, 0.2) is 54.9 Å². The fourth-order valence-corrected chi connectivity index (χ4v) is 6.04. The van der Waals surface area contributed by atoms with Gasteiger partial charge in [0.05, 0.1) is 5.69 Å². The van der Waals surface area contributed by atoms with Crippen molar-refractivity contribution in [2.45, 2.75) is 76.8 Å². The van der Waals surface area contributed by atoms with Gasteiger partial charge in [0.25, 0.3) is 0 Å². The molecular weight excluding hydrogens is 452 g/mol. The summed E-state index contributed by atoms with van der Waals surface area (Å²) in [5.41, 5.74) is 5.27. The summed E-state index contributed by atoms with van der Waals surface area (Å²) in [4.78, 5) is 17.3. The summed E-state index contributed by atoms with van der Waals surface area (Å²) in [6.45, 7) is 6.35. The Labute approximate surface area is 212 Å². The number of piperidine rings is 1. The Balaban J connectivity index is 1.19. The molecular formula is C29H34N4O3. The Morgan fingerprint density at radius 2 is 1.83 bits per heavy atom. The minimum Gasteiger partial charge on any atom is -0.488 e. The van der Waals surface area contributed by atoms with Crippen molar-refractivity contribution in [3.63, 3.8) is 0 Å². The lowest BCUT2D eigenvalue weighted by Crippen LogP contribution is -2.53. The highest BCUT2D eigenvalue weighted by Gasteiger charge is 2.45. The molecule has 7 heteroatoms. The lowest BCUT2D eigenvalue weighted by molar-refractivity contribution is 0.00599. The number of aromatic nitrogens is 2. The average molecular weight is 487 g/mol. The van der Waals surface area contributed by atoms with E-state index in [1.165, 1.54) is 16.8 Å². The van der Waals surface area contributed by atoms with Crippen molar-refractivity contribution in [3.05, 3.63) is 60.4 Å². The van der Waals surface area contributed by atoms with Crippen LogP contribution in [-0.2, 0) is 11.3 Å². The number of fused-ring (bicyclic) bond motifs is 5. The molecule has 0 spiro atoms. The largest absolute Gasteiger partial charge is 0.488 e. The molecule has 4 heterocycles. The molecule has 1 amide bonds. The molecule has 0 N–H and O–H groups in total. The van der Waals surface area contributed by atoms with Crippen molar-refractivity contribution < 1.29 is 14.3 Å². The maximum atomic E-state index is 12.8. The van der Waals surface area contributed by atoms with Gasteiger partial charge in [0.15, 0.2) is 0 Å². The van der Waals surface area contributed by atoms with Gasteiger partial charge in [-0.25, -0.2) is 9.48 Å². The van der Waals surface area contributed by atoms with Crippen LogP contribution in [0, 0.1) is 0 Å². The summed E-state index contributed by atoms with van der Waals surface area (Å²) in [6, 6.07) is 15.8. The first kappa shape index (κ1) is 23.0. The number of rotatable bonds is 3. The van der Waals surface area contributed by atoms with Crippen LogP contribution in [0.2, 0.25) is 0 Å². The van der Waals surface area contributed by atoms with Gasteiger partial charge in [0, 0.05) is 54.9 Å². The molecule has 2 fully saturated rings. The summed E-state index contributed by atoms with van der Waals surface area (Å²) < 4.78 is 13.7. The van der Waals surface area contributed by atoms with Gasteiger partial charge in [-0.1, -0.05) is 6.07 Å². The van der Waals surface area contributed by atoms with Gasteiger partial charge in [0.2, 0.25) is 0 Å². The average Bonchev–Trinajstić information content (AvgIpc) is 3.48. The highest BCUT2D eigenvalue weighted by Crippen LogP contribution is 2.42. The molecule has 188 valence electrons. The second-order valence-electron chi connectivity index (χ2n) is 11.3. The van der Waals surface area contributed by atoms with Gasteiger partial charge < -0.3 is 19.3 Å². The number of ether oxygens (including phenoxy) is 2. The van der Waals surface area contributed by atoms with E-state index < -0.39 is 5.60 Å². The molecule has 3 aliphatic heterocycles. The van der Waals surface area contributed by atoms with E-state index in [1.54, 1.807) is 6.20 Å². The van der Waals surface area contributed by atoms with Crippen molar-refractivity contribution in [2.75, 3.05) is 11.9 Å². The van der Waals surface area contributed by atoms with Crippen molar-refractivity contribution in [3.8, 4) is 22.6 Å². The number of amides is 1.